The van der Waals surface area contributed by atoms with Gasteiger partial charge in [-0.25, -0.2) is 0 Å². The molecule has 1 aromatic carbocycles. The normalized spacial score (nSPS) is 10.2. The van der Waals surface area contributed by atoms with Gasteiger partial charge in [-0.3, -0.25) is 10.8 Å². The van der Waals surface area contributed by atoms with Crippen molar-refractivity contribution < 1.29 is 0 Å². The summed E-state index contributed by atoms with van der Waals surface area (Å²) in [5.41, 5.74) is 10.7. The highest BCUT2D eigenvalue weighted by Crippen LogP contribution is 2.41. The van der Waals surface area contributed by atoms with E-state index in [9.17, 15) is 0 Å². The van der Waals surface area contributed by atoms with Crippen molar-refractivity contribution in [2.24, 2.45) is 11.5 Å². The van der Waals surface area contributed by atoms with E-state index in [0.717, 1.165) is 0 Å². The molecule has 0 heterocycles. The fourth-order valence-corrected chi connectivity index (χ4v) is 2.19. The Bertz CT molecular complexity index is 453. The number of nitrogens with one attached hydrogen (secondary N) is 2. The molecule has 0 bridgehead atoms. The van der Waals surface area contributed by atoms with Gasteiger partial charge < -0.3 is 11.5 Å². The molecule has 1 rings (SSSR count). The Morgan fingerprint density at radius 3 is 1.12 bits per heavy atom. The van der Waals surface area contributed by atoms with Crippen molar-refractivity contribution in [1.29, 1.82) is 10.8 Å². The first-order valence-electron chi connectivity index (χ1n) is 3.83. The van der Waals surface area contributed by atoms with E-state index in [4.69, 9.17) is 68.7 Å². The van der Waals surface area contributed by atoms with E-state index in [1.165, 1.54) is 0 Å². The number of hydrogen-bond acceptors (Lipinski definition) is 2. The van der Waals surface area contributed by atoms with Crippen molar-refractivity contribution in [3.63, 3.8) is 0 Å². The summed E-state index contributed by atoms with van der Waals surface area (Å²) in [4.78, 5) is 0. The standard InChI is InChI=1S/C8H6Cl4N4/c9-3-1(7(13)14)2(8(15)16)4(10)6(12)5(3)11/h(H3,13,14)(H3,15,16). The van der Waals surface area contributed by atoms with Crippen molar-refractivity contribution in [3.8, 4) is 0 Å². The number of nitrogen functional groups attached to an aromatic ring is 2. The molecule has 1 aromatic rings. The molecule has 86 valence electrons. The number of hydrogen-bond donors (Lipinski definition) is 4. The molecule has 16 heavy (non-hydrogen) atoms. The summed E-state index contributed by atoms with van der Waals surface area (Å²) in [6.45, 7) is 0. The second kappa shape index (κ2) is 4.67. The van der Waals surface area contributed by atoms with Gasteiger partial charge in [-0.15, -0.1) is 0 Å². The molecule has 0 atom stereocenters. The maximum absolute atomic E-state index is 7.35. The lowest BCUT2D eigenvalue weighted by molar-refractivity contribution is 1.38. The van der Waals surface area contributed by atoms with Gasteiger partial charge in [0.2, 0.25) is 0 Å². The predicted octanol–water partition coefficient (Wildman–Crippen LogP) is 2.87. The van der Waals surface area contributed by atoms with Gasteiger partial charge in [0.15, 0.2) is 0 Å². The van der Waals surface area contributed by atoms with E-state index >= 15 is 0 Å². The quantitative estimate of drug-likeness (QED) is 0.292. The van der Waals surface area contributed by atoms with Crippen molar-refractivity contribution in [2.75, 3.05) is 0 Å². The summed E-state index contributed by atoms with van der Waals surface area (Å²) in [5, 5.41) is 14.6. The van der Waals surface area contributed by atoms with Gasteiger partial charge in [0, 0.05) is 11.1 Å². The minimum absolute atomic E-state index is 0.00793. The van der Waals surface area contributed by atoms with Gasteiger partial charge in [-0.1, -0.05) is 46.4 Å². The molecule has 4 nitrogen and oxygen atoms in total. The number of halogens is 4. The zero-order valence-corrected chi connectivity index (χ0v) is 10.7. The van der Waals surface area contributed by atoms with Gasteiger partial charge >= 0.3 is 0 Å². The van der Waals surface area contributed by atoms with Gasteiger partial charge in [0.1, 0.15) is 11.7 Å². The predicted molar refractivity (Wildman–Crippen MR) is 68.5 cm³/mol. The van der Waals surface area contributed by atoms with Crippen LogP contribution < -0.4 is 11.5 Å². The topological polar surface area (TPSA) is 99.7 Å². The number of nitrogens with two attached hydrogens (primary N) is 2. The van der Waals surface area contributed by atoms with Gasteiger partial charge in [-0.05, 0) is 0 Å². The zero-order chi connectivity index (χ0) is 12.6. The molecular weight excluding hydrogens is 294 g/mol. The van der Waals surface area contributed by atoms with Gasteiger partial charge in [0.25, 0.3) is 0 Å². The van der Waals surface area contributed by atoms with E-state index in [1.807, 2.05) is 0 Å². The lowest BCUT2D eigenvalue weighted by atomic mass is 10.1. The second-order valence-electron chi connectivity index (χ2n) is 2.83. The zero-order valence-electron chi connectivity index (χ0n) is 7.67. The van der Waals surface area contributed by atoms with Crippen molar-refractivity contribution in [3.05, 3.63) is 31.2 Å². The largest absolute Gasteiger partial charge is 0.384 e. The Morgan fingerprint density at radius 2 is 0.938 bits per heavy atom. The maximum Gasteiger partial charge on any atom is 0.125 e. The minimum atomic E-state index is -0.393. The molecule has 0 fully saturated rings. The minimum Gasteiger partial charge on any atom is -0.384 e. The molecule has 6 N–H and O–H groups in total. The highest BCUT2D eigenvalue weighted by molar-refractivity contribution is 6.54. The summed E-state index contributed by atoms with van der Waals surface area (Å²) >= 11 is 23.3. The summed E-state index contributed by atoms with van der Waals surface area (Å²) in [5.74, 6) is -0.786. The summed E-state index contributed by atoms with van der Waals surface area (Å²) in [6, 6.07) is 0. The van der Waals surface area contributed by atoms with Crippen LogP contribution in [0.4, 0.5) is 0 Å². The Balaban J connectivity index is 3.83. The average Bonchev–Trinajstić information content (AvgIpc) is 2.18. The van der Waals surface area contributed by atoms with Crippen molar-refractivity contribution in [2.45, 2.75) is 0 Å². The maximum atomic E-state index is 7.35. The smallest absolute Gasteiger partial charge is 0.125 e. The van der Waals surface area contributed by atoms with Crippen LogP contribution >= 0.6 is 46.4 Å². The molecule has 0 saturated heterocycles. The highest BCUT2D eigenvalue weighted by atomic mass is 35.5. The average molecular weight is 300 g/mol. The first-order chi connectivity index (χ1) is 7.29. The van der Waals surface area contributed by atoms with Crippen LogP contribution in [0.1, 0.15) is 11.1 Å². The molecule has 0 radical (unpaired) electrons. The molecule has 8 heteroatoms. The summed E-state index contributed by atoms with van der Waals surface area (Å²) < 4.78 is 0. The third kappa shape index (κ3) is 2.06. The van der Waals surface area contributed by atoms with Crippen molar-refractivity contribution >= 4 is 58.1 Å². The molecule has 0 aliphatic rings. The van der Waals surface area contributed by atoms with Crippen molar-refractivity contribution in [1.82, 2.24) is 0 Å². The molecule has 0 amide bonds. The van der Waals surface area contributed by atoms with Crippen LogP contribution in [-0.4, -0.2) is 11.7 Å². The van der Waals surface area contributed by atoms with Crippen LogP contribution in [0.15, 0.2) is 0 Å². The fourth-order valence-electron chi connectivity index (χ4n) is 1.14. The molecule has 0 aromatic heterocycles. The SMILES string of the molecule is N=C(N)c1c(Cl)c(Cl)c(Cl)c(Cl)c1C(=N)N. The Morgan fingerprint density at radius 1 is 0.688 bits per heavy atom. The third-order valence-electron chi connectivity index (χ3n) is 1.81. The van der Waals surface area contributed by atoms with Gasteiger partial charge in [0.05, 0.1) is 20.1 Å². The summed E-state index contributed by atoms with van der Waals surface area (Å²) in [7, 11) is 0. The lowest BCUT2D eigenvalue weighted by Crippen LogP contribution is -2.22. The summed E-state index contributed by atoms with van der Waals surface area (Å²) in [6.07, 6.45) is 0. The van der Waals surface area contributed by atoms with E-state index in [0.29, 0.717) is 0 Å². The Kier molecular flexibility index (Phi) is 3.91. The van der Waals surface area contributed by atoms with Crippen LogP contribution in [0.5, 0.6) is 0 Å². The van der Waals surface area contributed by atoms with E-state index in [1.54, 1.807) is 0 Å². The van der Waals surface area contributed by atoms with Crippen LogP contribution in [0.3, 0.4) is 0 Å². The Hall–Kier alpha value is -0.680. The lowest BCUT2D eigenvalue weighted by Gasteiger charge is -2.14. The molecule has 0 aliphatic carbocycles. The van der Waals surface area contributed by atoms with E-state index in [-0.39, 0.29) is 31.2 Å². The fraction of sp³-hybridized carbons (Fsp3) is 0. The van der Waals surface area contributed by atoms with Crippen LogP contribution in [0, 0.1) is 10.8 Å². The van der Waals surface area contributed by atoms with Crippen LogP contribution in [0.2, 0.25) is 20.1 Å². The monoisotopic (exact) mass is 298 g/mol. The number of amidine groups is 2. The molecule has 0 aliphatic heterocycles. The van der Waals surface area contributed by atoms with Gasteiger partial charge in [-0.2, -0.15) is 0 Å². The Labute approximate surface area is 111 Å². The first kappa shape index (κ1) is 13.4. The number of benzene rings is 1. The van der Waals surface area contributed by atoms with Crippen LogP contribution in [0.25, 0.3) is 0 Å². The first-order valence-corrected chi connectivity index (χ1v) is 5.35. The third-order valence-corrected chi connectivity index (χ3v) is 3.61. The van der Waals surface area contributed by atoms with E-state index in [2.05, 4.69) is 0 Å². The molecule has 0 saturated carbocycles. The highest BCUT2D eigenvalue weighted by Gasteiger charge is 2.23. The second-order valence-corrected chi connectivity index (χ2v) is 4.35. The number of rotatable bonds is 2. The molecule has 0 spiro atoms. The van der Waals surface area contributed by atoms with Crippen LogP contribution in [-0.2, 0) is 0 Å². The van der Waals surface area contributed by atoms with E-state index < -0.39 is 11.7 Å². The molecule has 0 unspecified atom stereocenters. The molecular formula is C8H6Cl4N4.